The molecule has 1 radical (unpaired) electrons. The Morgan fingerprint density at radius 2 is 1.62 bits per heavy atom. The zero-order valence-electron chi connectivity index (χ0n) is 20.6. The summed E-state index contributed by atoms with van der Waals surface area (Å²) in [7, 11) is 2.21. The third-order valence-corrected chi connectivity index (χ3v) is 6.39. The van der Waals surface area contributed by atoms with Crippen molar-refractivity contribution in [2.24, 2.45) is 18.9 Å². The number of imidazole rings is 1. The zero-order valence-corrected chi connectivity index (χ0v) is 23.0. The summed E-state index contributed by atoms with van der Waals surface area (Å²) >= 11 is 0. The Kier molecular flexibility index (Phi) is 7.11. The summed E-state index contributed by atoms with van der Waals surface area (Å²) in [4.78, 5) is 4.77. The molecule has 3 nitrogen and oxygen atoms in total. The molecule has 2 heterocycles. The Morgan fingerprint density at radius 1 is 0.912 bits per heavy atom. The number of nitrogens with zero attached hydrogens (tertiary/aromatic N) is 3. The van der Waals surface area contributed by atoms with E-state index in [1.165, 1.54) is 38.6 Å². The van der Waals surface area contributed by atoms with Crippen LogP contribution in [0.1, 0.15) is 38.8 Å². The van der Waals surface area contributed by atoms with Gasteiger partial charge in [-0.3, -0.25) is 4.98 Å². The fourth-order valence-corrected chi connectivity index (χ4v) is 5.18. The molecule has 0 aliphatic carbocycles. The molecule has 177 valence electrons. The van der Waals surface area contributed by atoms with Crippen LogP contribution in [-0.4, -0.2) is 14.1 Å². The van der Waals surface area contributed by atoms with Gasteiger partial charge in [0.1, 0.15) is 0 Å². The molecule has 0 atom stereocenters. The van der Waals surface area contributed by atoms with Crippen LogP contribution in [0.5, 0.6) is 0 Å². The summed E-state index contributed by atoms with van der Waals surface area (Å²) < 4.78 is 4.66. The van der Waals surface area contributed by atoms with E-state index in [2.05, 4.69) is 98.6 Å². The molecule has 0 N–H and O–H groups in total. The predicted octanol–water partition coefficient (Wildman–Crippen LogP) is 7.38. The Balaban J connectivity index is 0.00000274. The van der Waals surface area contributed by atoms with Crippen molar-refractivity contribution >= 4 is 21.8 Å². The van der Waals surface area contributed by atoms with Gasteiger partial charge in [-0.1, -0.05) is 52.0 Å². The van der Waals surface area contributed by atoms with E-state index in [9.17, 15) is 0 Å². The van der Waals surface area contributed by atoms with Crippen molar-refractivity contribution in [2.75, 3.05) is 0 Å². The summed E-state index contributed by atoms with van der Waals surface area (Å²) in [6.07, 6.45) is 6.10. The second-order valence-electron chi connectivity index (χ2n) is 9.94. The van der Waals surface area contributed by atoms with Crippen LogP contribution in [0.2, 0.25) is 0 Å². The summed E-state index contributed by atoms with van der Waals surface area (Å²) in [6, 6.07) is 22.8. The minimum atomic E-state index is 0. The number of para-hydroxylation sites is 1. The SMILES string of the molecule is CC(C)Cc1cc(CC(C)C)c2c3ccccc3n(C)c2c1-n1ccnc1-c1[c-]cccc1.[Ir]. The van der Waals surface area contributed by atoms with Gasteiger partial charge in [-0.05, 0) is 41.9 Å². The van der Waals surface area contributed by atoms with Crippen molar-refractivity contribution in [3.8, 4) is 17.1 Å². The molecule has 0 saturated carbocycles. The number of rotatable bonds is 6. The summed E-state index contributed by atoms with van der Waals surface area (Å²) in [5.74, 6) is 2.08. The molecular weight excluding hydrogens is 595 g/mol. The maximum absolute atomic E-state index is 4.77. The molecule has 5 rings (SSSR count). The first-order valence-corrected chi connectivity index (χ1v) is 12.0. The van der Waals surface area contributed by atoms with Crippen molar-refractivity contribution in [3.05, 3.63) is 84.2 Å². The first-order valence-electron chi connectivity index (χ1n) is 12.0. The normalized spacial score (nSPS) is 11.6. The molecule has 0 fully saturated rings. The van der Waals surface area contributed by atoms with Gasteiger partial charge in [0.15, 0.2) is 0 Å². The van der Waals surface area contributed by atoms with Crippen molar-refractivity contribution < 1.29 is 20.1 Å². The molecule has 0 aliphatic rings. The van der Waals surface area contributed by atoms with Crippen LogP contribution in [0, 0.1) is 17.9 Å². The number of hydrogen-bond acceptors (Lipinski definition) is 1. The second kappa shape index (κ2) is 9.90. The van der Waals surface area contributed by atoms with Crippen molar-refractivity contribution in [1.82, 2.24) is 14.1 Å². The number of fused-ring (bicyclic) bond motifs is 3. The number of aromatic nitrogens is 3. The summed E-state index contributed by atoms with van der Waals surface area (Å²) in [5, 5.41) is 2.71. The fraction of sp³-hybridized carbons (Fsp3) is 0.300. The Bertz CT molecular complexity index is 1420. The molecule has 0 saturated heterocycles. The van der Waals surface area contributed by atoms with E-state index in [-0.39, 0.29) is 20.1 Å². The van der Waals surface area contributed by atoms with Gasteiger partial charge in [0.25, 0.3) is 0 Å². The van der Waals surface area contributed by atoms with Gasteiger partial charge in [-0.15, -0.1) is 35.9 Å². The molecule has 2 aromatic heterocycles. The predicted molar refractivity (Wildman–Crippen MR) is 139 cm³/mol. The van der Waals surface area contributed by atoms with E-state index < -0.39 is 0 Å². The van der Waals surface area contributed by atoms with Gasteiger partial charge in [0.2, 0.25) is 0 Å². The van der Waals surface area contributed by atoms with Crippen molar-refractivity contribution in [2.45, 2.75) is 40.5 Å². The molecule has 3 aromatic carbocycles. The molecular formula is C30H32IrN3-. The van der Waals surface area contributed by atoms with E-state index in [4.69, 9.17) is 4.98 Å². The quantitative estimate of drug-likeness (QED) is 0.181. The van der Waals surface area contributed by atoms with Gasteiger partial charge in [-0.2, -0.15) is 0 Å². The molecule has 0 aliphatic heterocycles. The van der Waals surface area contributed by atoms with Crippen molar-refractivity contribution in [1.29, 1.82) is 0 Å². The molecule has 0 bridgehead atoms. The van der Waals surface area contributed by atoms with E-state index in [1.807, 2.05) is 18.3 Å². The maximum Gasteiger partial charge on any atom is 0.0731 e. The molecule has 34 heavy (non-hydrogen) atoms. The Hall–Kier alpha value is -2.68. The van der Waals surface area contributed by atoms with E-state index in [1.54, 1.807) is 0 Å². The van der Waals surface area contributed by atoms with Crippen LogP contribution >= 0.6 is 0 Å². The average molecular weight is 627 g/mol. The van der Waals surface area contributed by atoms with Crippen LogP contribution in [0.4, 0.5) is 0 Å². The molecule has 0 amide bonds. The van der Waals surface area contributed by atoms with Crippen molar-refractivity contribution in [3.63, 3.8) is 0 Å². The van der Waals surface area contributed by atoms with E-state index in [0.29, 0.717) is 11.8 Å². The topological polar surface area (TPSA) is 22.8 Å². The Morgan fingerprint density at radius 3 is 2.32 bits per heavy atom. The summed E-state index contributed by atoms with van der Waals surface area (Å²) in [6.45, 7) is 9.23. The number of hydrogen-bond donors (Lipinski definition) is 0. The largest absolute Gasteiger partial charge is 0.342 e. The average Bonchev–Trinajstić information content (AvgIpc) is 3.38. The third-order valence-electron chi connectivity index (χ3n) is 6.39. The first-order chi connectivity index (χ1) is 16.0. The smallest absolute Gasteiger partial charge is 0.0731 e. The zero-order chi connectivity index (χ0) is 23.1. The van der Waals surface area contributed by atoms with Gasteiger partial charge in [-0.25, -0.2) is 0 Å². The second-order valence-corrected chi connectivity index (χ2v) is 9.94. The van der Waals surface area contributed by atoms with E-state index >= 15 is 0 Å². The van der Waals surface area contributed by atoms with Gasteiger partial charge >= 0.3 is 0 Å². The minimum Gasteiger partial charge on any atom is -0.342 e. The standard InChI is InChI=1S/C30H32N3.Ir/c1-20(2)17-23-19-24(18-21(3)4)28(29-27(23)25-13-9-10-14-26(25)32(29)5)33-16-15-31-30(33)22-11-7-6-8-12-22;/h6-11,13-16,19-21H,17-18H2,1-5H3;/q-1;. The summed E-state index contributed by atoms with van der Waals surface area (Å²) in [5.41, 5.74) is 7.65. The number of benzene rings is 3. The molecule has 0 unspecified atom stereocenters. The van der Waals surface area contributed by atoms with Crippen LogP contribution in [0.15, 0.2) is 67.0 Å². The monoisotopic (exact) mass is 627 g/mol. The van der Waals surface area contributed by atoms with Gasteiger partial charge in [0, 0.05) is 55.8 Å². The van der Waals surface area contributed by atoms with Crippen LogP contribution in [0.3, 0.4) is 0 Å². The maximum atomic E-state index is 4.77. The number of aryl methyl sites for hydroxylation is 1. The van der Waals surface area contributed by atoms with Gasteiger partial charge < -0.3 is 9.13 Å². The van der Waals surface area contributed by atoms with Crippen LogP contribution in [-0.2, 0) is 40.0 Å². The van der Waals surface area contributed by atoms with E-state index in [0.717, 1.165) is 24.2 Å². The minimum absolute atomic E-state index is 0. The Labute approximate surface area is 216 Å². The fourth-order valence-electron chi connectivity index (χ4n) is 5.18. The van der Waals surface area contributed by atoms with Crippen LogP contribution < -0.4 is 0 Å². The first kappa shape index (κ1) is 24.4. The molecule has 4 heteroatoms. The molecule has 5 aromatic rings. The molecule has 0 spiro atoms. The van der Waals surface area contributed by atoms with Gasteiger partial charge in [0.05, 0.1) is 17.0 Å². The van der Waals surface area contributed by atoms with Crippen LogP contribution in [0.25, 0.3) is 38.9 Å². The third kappa shape index (κ3) is 4.26.